The number of ether oxygens (including phenoxy) is 4. The summed E-state index contributed by atoms with van der Waals surface area (Å²) in [5.74, 6) is 0. The first-order valence-electron chi connectivity index (χ1n) is 7.30. The Kier molecular flexibility index (Phi) is 21.7. The zero-order valence-corrected chi connectivity index (χ0v) is 16.2. The van der Waals surface area contributed by atoms with E-state index < -0.39 is 0 Å². The SMILES string of the molecule is C[Si]O[Si]O[Si]CCCOCCOCCOCCOCCO. The first-order valence-corrected chi connectivity index (χ1v) is 10.6. The van der Waals surface area contributed by atoms with Crippen molar-refractivity contribution in [1.82, 2.24) is 0 Å². The van der Waals surface area contributed by atoms with Gasteiger partial charge in [-0.1, -0.05) is 0 Å². The zero-order chi connectivity index (χ0) is 16.1. The van der Waals surface area contributed by atoms with Crippen LogP contribution in [-0.2, 0) is 27.2 Å². The van der Waals surface area contributed by atoms with Crippen molar-refractivity contribution in [3.8, 4) is 0 Å². The molecule has 0 aromatic heterocycles. The van der Waals surface area contributed by atoms with Gasteiger partial charge in [-0.25, -0.2) is 0 Å². The Bertz CT molecular complexity index is 184. The van der Waals surface area contributed by atoms with E-state index in [2.05, 4.69) is 0 Å². The predicted octanol–water partition coefficient (Wildman–Crippen LogP) is -0.293. The second-order valence-corrected chi connectivity index (χ2v) is 6.91. The molecule has 0 aromatic rings. The van der Waals surface area contributed by atoms with Crippen molar-refractivity contribution in [1.29, 1.82) is 0 Å². The molecular weight excluding hydrogens is 340 g/mol. The largest absolute Gasteiger partial charge is 0.435 e. The quantitative estimate of drug-likeness (QED) is 0.249. The van der Waals surface area contributed by atoms with Crippen LogP contribution in [0.5, 0.6) is 0 Å². The normalized spacial score (nSPS) is 11.2. The molecule has 0 spiro atoms. The topological polar surface area (TPSA) is 75.6 Å². The van der Waals surface area contributed by atoms with Gasteiger partial charge in [-0.15, -0.1) is 0 Å². The van der Waals surface area contributed by atoms with E-state index in [0.29, 0.717) is 65.8 Å². The van der Waals surface area contributed by atoms with Crippen LogP contribution in [0.15, 0.2) is 0 Å². The van der Waals surface area contributed by atoms with Gasteiger partial charge in [-0.05, 0) is 19.0 Å². The highest BCUT2D eigenvalue weighted by Crippen LogP contribution is 1.91. The summed E-state index contributed by atoms with van der Waals surface area (Å²) < 4.78 is 31.6. The Hall–Kier alpha value is 0.371. The van der Waals surface area contributed by atoms with Crippen LogP contribution in [0.4, 0.5) is 0 Å². The van der Waals surface area contributed by atoms with E-state index in [1.165, 1.54) is 0 Å². The van der Waals surface area contributed by atoms with Crippen LogP contribution in [0, 0.1) is 0 Å². The average Bonchev–Trinajstić information content (AvgIpc) is 2.54. The van der Waals surface area contributed by atoms with Gasteiger partial charge in [0.15, 0.2) is 0 Å². The summed E-state index contributed by atoms with van der Waals surface area (Å²) in [5, 5.41) is 8.49. The molecule has 22 heavy (non-hydrogen) atoms. The van der Waals surface area contributed by atoms with Crippen LogP contribution in [0.3, 0.4) is 0 Å². The van der Waals surface area contributed by atoms with E-state index in [4.69, 9.17) is 32.3 Å². The molecule has 0 fully saturated rings. The van der Waals surface area contributed by atoms with Crippen LogP contribution >= 0.6 is 0 Å². The zero-order valence-electron chi connectivity index (χ0n) is 13.2. The molecule has 0 aromatic carbocycles. The molecule has 0 atom stereocenters. The lowest BCUT2D eigenvalue weighted by molar-refractivity contribution is -0.00543. The van der Waals surface area contributed by atoms with Gasteiger partial charge in [0.25, 0.3) is 0 Å². The lowest BCUT2D eigenvalue weighted by Crippen LogP contribution is -2.13. The van der Waals surface area contributed by atoms with Crippen LogP contribution in [0.1, 0.15) is 6.42 Å². The van der Waals surface area contributed by atoms with Crippen molar-refractivity contribution in [3.63, 3.8) is 0 Å². The summed E-state index contributed by atoms with van der Waals surface area (Å²) >= 11 is 0. The first-order chi connectivity index (χ1) is 10.9. The van der Waals surface area contributed by atoms with Crippen LogP contribution in [0.2, 0.25) is 12.6 Å². The molecule has 0 amide bonds. The fourth-order valence-corrected chi connectivity index (χ4v) is 3.02. The minimum Gasteiger partial charge on any atom is -0.435 e. The van der Waals surface area contributed by atoms with Gasteiger partial charge in [0.05, 0.1) is 52.9 Å². The molecular formula is C12H26O7Si3. The summed E-state index contributed by atoms with van der Waals surface area (Å²) in [7, 11) is 1.17. The standard InChI is InChI=1S/C12H26O7Si3/c1-20-18-22-19-21-12-2-4-14-6-8-16-10-11-17-9-7-15-5-3-13/h13H,2-12H2,1H3. The highest BCUT2D eigenvalue weighted by atomic mass is 28.4. The molecule has 0 heterocycles. The molecule has 1 N–H and O–H groups in total. The summed E-state index contributed by atoms with van der Waals surface area (Å²) in [6.07, 6.45) is 0.994. The van der Waals surface area contributed by atoms with Crippen molar-refractivity contribution >= 4 is 29.5 Å². The lowest BCUT2D eigenvalue weighted by Gasteiger charge is -2.07. The van der Waals surface area contributed by atoms with Crippen molar-refractivity contribution in [2.75, 3.05) is 59.5 Å². The van der Waals surface area contributed by atoms with Gasteiger partial charge in [0.1, 0.15) is 0 Å². The number of aliphatic hydroxyl groups is 1. The molecule has 6 radical (unpaired) electrons. The van der Waals surface area contributed by atoms with E-state index in [0.717, 1.165) is 19.1 Å². The Morgan fingerprint density at radius 2 is 1.27 bits per heavy atom. The van der Waals surface area contributed by atoms with Crippen LogP contribution in [0.25, 0.3) is 0 Å². The van der Waals surface area contributed by atoms with Gasteiger partial charge >= 0.3 is 10.0 Å². The van der Waals surface area contributed by atoms with Crippen LogP contribution < -0.4 is 0 Å². The molecule has 0 aliphatic rings. The summed E-state index contributed by atoms with van der Waals surface area (Å²) in [4.78, 5) is 0. The highest BCUT2D eigenvalue weighted by Gasteiger charge is 1.96. The first kappa shape index (κ1) is 22.4. The summed E-state index contributed by atoms with van der Waals surface area (Å²) in [6, 6.07) is 1.01. The monoisotopic (exact) mass is 366 g/mol. The van der Waals surface area contributed by atoms with E-state index >= 15 is 0 Å². The number of rotatable bonds is 19. The molecule has 7 nitrogen and oxygen atoms in total. The van der Waals surface area contributed by atoms with Gasteiger partial charge in [0.2, 0.25) is 19.5 Å². The Labute approximate surface area is 140 Å². The van der Waals surface area contributed by atoms with Crippen molar-refractivity contribution in [2.45, 2.75) is 19.0 Å². The minimum atomic E-state index is 0.0461. The third-order valence-corrected chi connectivity index (χ3v) is 4.79. The fraction of sp³-hybridized carbons (Fsp3) is 1.00. The van der Waals surface area contributed by atoms with Crippen LogP contribution in [-0.4, -0.2) is 94.1 Å². The van der Waals surface area contributed by atoms with Gasteiger partial charge < -0.3 is 32.3 Å². The number of hydrogen-bond donors (Lipinski definition) is 1. The predicted molar refractivity (Wildman–Crippen MR) is 85.1 cm³/mol. The van der Waals surface area contributed by atoms with Crippen molar-refractivity contribution < 1.29 is 32.3 Å². The second kappa shape index (κ2) is 21.4. The van der Waals surface area contributed by atoms with E-state index in [1.807, 2.05) is 6.55 Å². The molecule has 0 bridgehead atoms. The fourth-order valence-electron chi connectivity index (χ4n) is 1.22. The van der Waals surface area contributed by atoms with Gasteiger partial charge in [-0.2, -0.15) is 0 Å². The molecule has 0 saturated carbocycles. The van der Waals surface area contributed by atoms with E-state index in [9.17, 15) is 0 Å². The third-order valence-electron chi connectivity index (χ3n) is 2.18. The van der Waals surface area contributed by atoms with E-state index in [1.54, 1.807) is 0 Å². The molecule has 0 rings (SSSR count). The molecule has 0 aliphatic heterocycles. The number of aliphatic hydroxyl groups excluding tert-OH is 1. The molecule has 0 unspecified atom stereocenters. The molecule has 0 saturated heterocycles. The molecule has 0 aliphatic carbocycles. The lowest BCUT2D eigenvalue weighted by atomic mass is 10.5. The smallest absolute Gasteiger partial charge is 0.409 e. The number of hydrogen-bond acceptors (Lipinski definition) is 7. The third kappa shape index (κ3) is 20.4. The maximum atomic E-state index is 8.49. The van der Waals surface area contributed by atoms with Gasteiger partial charge in [0, 0.05) is 6.61 Å². The maximum Gasteiger partial charge on any atom is 0.409 e. The van der Waals surface area contributed by atoms with Crippen molar-refractivity contribution in [2.24, 2.45) is 0 Å². The Morgan fingerprint density at radius 1 is 0.727 bits per heavy atom. The Morgan fingerprint density at radius 3 is 1.82 bits per heavy atom. The van der Waals surface area contributed by atoms with E-state index in [-0.39, 0.29) is 16.6 Å². The van der Waals surface area contributed by atoms with Gasteiger partial charge in [-0.3, -0.25) is 0 Å². The van der Waals surface area contributed by atoms with Crippen molar-refractivity contribution in [3.05, 3.63) is 0 Å². The minimum absolute atomic E-state index is 0.0461. The molecule has 128 valence electrons. The highest BCUT2D eigenvalue weighted by molar-refractivity contribution is 6.44. The summed E-state index contributed by atoms with van der Waals surface area (Å²) in [5.41, 5.74) is 0. The second-order valence-electron chi connectivity index (χ2n) is 3.91. The average molecular weight is 367 g/mol. The summed E-state index contributed by atoms with van der Waals surface area (Å²) in [6.45, 7) is 6.42. The maximum absolute atomic E-state index is 8.49. The Balaban J connectivity index is 2.91. The molecule has 10 heteroatoms.